The molecule has 10 heteroatoms. The van der Waals surface area contributed by atoms with Crippen LogP contribution in [0.25, 0.3) is 0 Å². The number of piperazine rings is 1. The third kappa shape index (κ3) is 5.82. The number of rotatable bonds is 8. The number of nitrogens with one attached hydrogen (secondary N) is 1. The standard InChI is InChI=1S/C23H29N3O6S/c1-17(27)25-11-13-26(14-12-25)33(29,30)20-6-4-5-19(16-20)23(28)24-10-9-18-7-8-21(31-2)22(15-18)32-3/h4-8,15-16H,9-14H2,1-3H3,(H,24,28). The summed E-state index contributed by atoms with van der Waals surface area (Å²) >= 11 is 0. The van der Waals surface area contributed by atoms with Crippen LogP contribution in [0.15, 0.2) is 47.4 Å². The van der Waals surface area contributed by atoms with E-state index in [4.69, 9.17) is 9.47 Å². The summed E-state index contributed by atoms with van der Waals surface area (Å²) < 4.78 is 37.9. The third-order valence-corrected chi connectivity index (χ3v) is 7.46. The lowest BCUT2D eigenvalue weighted by molar-refractivity contribution is -0.129. The van der Waals surface area contributed by atoms with Crippen molar-refractivity contribution in [3.8, 4) is 11.5 Å². The van der Waals surface area contributed by atoms with Gasteiger partial charge in [0.1, 0.15) is 0 Å². The van der Waals surface area contributed by atoms with Crippen LogP contribution in [0.4, 0.5) is 0 Å². The van der Waals surface area contributed by atoms with Crippen molar-refractivity contribution < 1.29 is 27.5 Å². The number of methoxy groups -OCH3 is 2. The van der Waals surface area contributed by atoms with Crippen LogP contribution >= 0.6 is 0 Å². The fourth-order valence-electron chi connectivity index (χ4n) is 3.65. The Balaban J connectivity index is 1.62. The first-order valence-corrected chi connectivity index (χ1v) is 12.0. The smallest absolute Gasteiger partial charge is 0.251 e. The maximum atomic E-state index is 13.0. The monoisotopic (exact) mass is 475 g/mol. The average Bonchev–Trinajstić information content (AvgIpc) is 2.83. The summed E-state index contributed by atoms with van der Waals surface area (Å²) in [7, 11) is -0.625. The highest BCUT2D eigenvalue weighted by Crippen LogP contribution is 2.27. The molecule has 0 bridgehead atoms. The molecule has 0 unspecified atom stereocenters. The summed E-state index contributed by atoms with van der Waals surface area (Å²) in [5.74, 6) is 0.821. The predicted octanol–water partition coefficient (Wildman–Crippen LogP) is 1.53. The van der Waals surface area contributed by atoms with E-state index < -0.39 is 10.0 Å². The zero-order valence-corrected chi connectivity index (χ0v) is 19.9. The Morgan fingerprint density at radius 3 is 2.30 bits per heavy atom. The van der Waals surface area contributed by atoms with Crippen LogP contribution < -0.4 is 14.8 Å². The normalized spacial score (nSPS) is 14.6. The molecule has 3 rings (SSSR count). The van der Waals surface area contributed by atoms with Crippen molar-refractivity contribution in [2.45, 2.75) is 18.2 Å². The average molecular weight is 476 g/mol. The lowest BCUT2D eigenvalue weighted by atomic mass is 10.1. The Kier molecular flexibility index (Phi) is 7.93. The molecule has 2 amide bonds. The van der Waals surface area contributed by atoms with E-state index in [2.05, 4.69) is 5.32 Å². The van der Waals surface area contributed by atoms with E-state index in [0.29, 0.717) is 37.6 Å². The fraction of sp³-hybridized carbons (Fsp3) is 0.391. The molecule has 0 aromatic heterocycles. The number of hydrogen-bond acceptors (Lipinski definition) is 6. The van der Waals surface area contributed by atoms with Gasteiger partial charge in [-0.15, -0.1) is 0 Å². The van der Waals surface area contributed by atoms with E-state index in [1.54, 1.807) is 37.3 Å². The van der Waals surface area contributed by atoms with Gasteiger partial charge in [-0.2, -0.15) is 4.31 Å². The summed E-state index contributed by atoms with van der Waals surface area (Å²) in [5.41, 5.74) is 1.24. The summed E-state index contributed by atoms with van der Waals surface area (Å²) in [5, 5.41) is 2.83. The van der Waals surface area contributed by atoms with Gasteiger partial charge >= 0.3 is 0 Å². The molecule has 1 aliphatic heterocycles. The van der Waals surface area contributed by atoms with Crippen molar-refractivity contribution >= 4 is 21.8 Å². The number of sulfonamides is 1. The van der Waals surface area contributed by atoms with Crippen molar-refractivity contribution in [2.75, 3.05) is 46.9 Å². The number of benzene rings is 2. The second-order valence-electron chi connectivity index (χ2n) is 7.63. The maximum Gasteiger partial charge on any atom is 0.251 e. The molecule has 1 heterocycles. The molecule has 0 radical (unpaired) electrons. The lowest BCUT2D eigenvalue weighted by Gasteiger charge is -2.33. The highest BCUT2D eigenvalue weighted by atomic mass is 32.2. The third-order valence-electron chi connectivity index (χ3n) is 5.57. The van der Waals surface area contributed by atoms with Crippen LogP contribution in [0.5, 0.6) is 11.5 Å². The largest absolute Gasteiger partial charge is 0.493 e. The molecule has 1 saturated heterocycles. The van der Waals surface area contributed by atoms with Crippen molar-refractivity contribution in [2.24, 2.45) is 0 Å². The number of carbonyl (C=O) groups excluding carboxylic acids is 2. The molecular formula is C23H29N3O6S. The van der Waals surface area contributed by atoms with Crippen LogP contribution in [0.3, 0.4) is 0 Å². The predicted molar refractivity (Wildman–Crippen MR) is 123 cm³/mol. The van der Waals surface area contributed by atoms with Gasteiger partial charge < -0.3 is 19.7 Å². The molecule has 1 aliphatic rings. The van der Waals surface area contributed by atoms with Crippen molar-refractivity contribution in [3.05, 3.63) is 53.6 Å². The molecule has 1 N–H and O–H groups in total. The van der Waals surface area contributed by atoms with Crippen LogP contribution in [0, 0.1) is 0 Å². The zero-order valence-electron chi connectivity index (χ0n) is 19.0. The topological polar surface area (TPSA) is 105 Å². The Hall–Kier alpha value is -3.11. The quantitative estimate of drug-likeness (QED) is 0.621. The molecule has 0 saturated carbocycles. The first kappa shape index (κ1) is 24.5. The molecule has 33 heavy (non-hydrogen) atoms. The molecule has 9 nitrogen and oxygen atoms in total. The maximum absolute atomic E-state index is 13.0. The number of nitrogens with zero attached hydrogens (tertiary/aromatic N) is 2. The summed E-state index contributed by atoms with van der Waals surface area (Å²) in [6, 6.07) is 11.6. The highest BCUT2D eigenvalue weighted by molar-refractivity contribution is 7.89. The minimum Gasteiger partial charge on any atom is -0.493 e. The minimum atomic E-state index is -3.76. The van der Waals surface area contributed by atoms with E-state index in [0.717, 1.165) is 5.56 Å². The molecule has 2 aromatic carbocycles. The summed E-state index contributed by atoms with van der Waals surface area (Å²) in [6.45, 7) is 3.00. The van der Waals surface area contributed by atoms with Crippen molar-refractivity contribution in [3.63, 3.8) is 0 Å². The lowest BCUT2D eigenvalue weighted by Crippen LogP contribution is -2.49. The Morgan fingerprint density at radius 2 is 1.67 bits per heavy atom. The van der Waals surface area contributed by atoms with Gasteiger partial charge in [-0.05, 0) is 42.3 Å². The number of hydrogen-bond donors (Lipinski definition) is 1. The van der Waals surface area contributed by atoms with Gasteiger partial charge in [0.15, 0.2) is 11.5 Å². The first-order chi connectivity index (χ1) is 15.8. The van der Waals surface area contributed by atoms with Crippen LogP contribution in [0.2, 0.25) is 0 Å². The van der Waals surface area contributed by atoms with Gasteiger partial charge in [0.2, 0.25) is 15.9 Å². The van der Waals surface area contributed by atoms with Gasteiger partial charge in [0, 0.05) is 45.2 Å². The molecule has 1 fully saturated rings. The Labute approximate surface area is 194 Å². The number of amides is 2. The summed E-state index contributed by atoms with van der Waals surface area (Å²) in [6.07, 6.45) is 0.574. The molecule has 178 valence electrons. The van der Waals surface area contributed by atoms with Crippen LogP contribution in [-0.4, -0.2) is 76.4 Å². The van der Waals surface area contributed by atoms with E-state index in [1.807, 2.05) is 12.1 Å². The Morgan fingerprint density at radius 1 is 0.970 bits per heavy atom. The second-order valence-corrected chi connectivity index (χ2v) is 9.57. The molecule has 0 spiro atoms. The second kappa shape index (κ2) is 10.7. The van der Waals surface area contributed by atoms with E-state index in [1.165, 1.54) is 23.4 Å². The SMILES string of the molecule is COc1ccc(CCNC(=O)c2cccc(S(=O)(=O)N3CCN(C(C)=O)CC3)c2)cc1OC. The number of ether oxygens (including phenoxy) is 2. The number of carbonyl (C=O) groups is 2. The van der Waals surface area contributed by atoms with Gasteiger partial charge in [0.25, 0.3) is 5.91 Å². The van der Waals surface area contributed by atoms with Crippen LogP contribution in [-0.2, 0) is 21.2 Å². The van der Waals surface area contributed by atoms with E-state index in [9.17, 15) is 18.0 Å². The zero-order chi connectivity index (χ0) is 24.0. The fourth-order valence-corrected chi connectivity index (χ4v) is 5.12. The summed E-state index contributed by atoms with van der Waals surface area (Å²) in [4.78, 5) is 25.8. The van der Waals surface area contributed by atoms with Gasteiger partial charge in [0.05, 0.1) is 19.1 Å². The molecule has 0 atom stereocenters. The molecule has 0 aliphatic carbocycles. The van der Waals surface area contributed by atoms with Gasteiger partial charge in [-0.25, -0.2) is 8.42 Å². The van der Waals surface area contributed by atoms with Gasteiger partial charge in [-0.1, -0.05) is 12.1 Å². The highest BCUT2D eigenvalue weighted by Gasteiger charge is 2.29. The molecule has 2 aromatic rings. The van der Waals surface area contributed by atoms with Crippen molar-refractivity contribution in [1.29, 1.82) is 0 Å². The van der Waals surface area contributed by atoms with E-state index in [-0.39, 0.29) is 35.4 Å². The first-order valence-electron chi connectivity index (χ1n) is 10.6. The Bertz CT molecular complexity index is 1110. The minimum absolute atomic E-state index is 0.0614. The van der Waals surface area contributed by atoms with Crippen LogP contribution in [0.1, 0.15) is 22.8 Å². The molecular weight excluding hydrogens is 446 g/mol. The van der Waals surface area contributed by atoms with Gasteiger partial charge in [-0.3, -0.25) is 9.59 Å². The van der Waals surface area contributed by atoms with E-state index >= 15 is 0 Å². The van der Waals surface area contributed by atoms with Crippen molar-refractivity contribution in [1.82, 2.24) is 14.5 Å².